The van der Waals surface area contributed by atoms with Gasteiger partial charge in [0.15, 0.2) is 0 Å². The van der Waals surface area contributed by atoms with Crippen LogP contribution in [0.1, 0.15) is 15.9 Å². The lowest BCUT2D eigenvalue weighted by atomic mass is 10.1. The van der Waals surface area contributed by atoms with E-state index >= 15 is 0 Å². The number of aryl methyl sites for hydroxylation is 1. The van der Waals surface area contributed by atoms with E-state index in [1.807, 2.05) is 61.3 Å². The van der Waals surface area contributed by atoms with Gasteiger partial charge in [0.2, 0.25) is 0 Å². The third-order valence-electron chi connectivity index (χ3n) is 3.62. The molecule has 0 unspecified atom stereocenters. The molecule has 4 nitrogen and oxygen atoms in total. The second-order valence-corrected chi connectivity index (χ2v) is 5.19. The minimum Gasteiger partial charge on any atom is -0.350 e. The van der Waals surface area contributed by atoms with Gasteiger partial charge in [-0.2, -0.15) is 0 Å². The second kappa shape index (κ2) is 5.40. The highest BCUT2D eigenvalue weighted by atomic mass is 16.2. The lowest BCUT2D eigenvalue weighted by Gasteiger charge is -2.16. The number of fused-ring (bicyclic) bond motifs is 1. The number of hydrogen-bond donors (Lipinski definition) is 0. The lowest BCUT2D eigenvalue weighted by molar-refractivity contribution is 0.0786. The first-order valence-electron chi connectivity index (χ1n) is 6.85. The number of nitrogens with zero attached hydrogens (tertiary/aromatic N) is 3. The Labute approximate surface area is 123 Å². The molecular formula is C17H17N3O. The summed E-state index contributed by atoms with van der Waals surface area (Å²) < 4.78 is 1.99. The van der Waals surface area contributed by atoms with E-state index in [1.165, 1.54) is 0 Å². The Kier molecular flexibility index (Phi) is 3.44. The van der Waals surface area contributed by atoms with Crippen LogP contribution in [-0.2, 0) is 13.6 Å². The van der Waals surface area contributed by atoms with Crippen LogP contribution in [0, 0.1) is 0 Å². The number of carbonyl (C=O) groups excluding carboxylic acids is 1. The van der Waals surface area contributed by atoms with E-state index in [4.69, 9.17) is 0 Å². The Morgan fingerprint density at radius 2 is 2.05 bits per heavy atom. The van der Waals surface area contributed by atoms with E-state index in [1.54, 1.807) is 17.3 Å². The highest BCUT2D eigenvalue weighted by Crippen LogP contribution is 2.21. The maximum absolute atomic E-state index is 12.7. The van der Waals surface area contributed by atoms with Crippen LogP contribution in [0.25, 0.3) is 10.9 Å². The number of para-hydroxylation sites is 1. The van der Waals surface area contributed by atoms with Crippen molar-refractivity contribution in [2.75, 3.05) is 7.05 Å². The first-order valence-corrected chi connectivity index (χ1v) is 6.85. The number of pyridine rings is 1. The molecule has 0 bridgehead atoms. The van der Waals surface area contributed by atoms with Gasteiger partial charge in [0.1, 0.15) is 0 Å². The zero-order valence-corrected chi connectivity index (χ0v) is 12.2. The summed E-state index contributed by atoms with van der Waals surface area (Å²) in [5, 5.41) is 0.989. The summed E-state index contributed by atoms with van der Waals surface area (Å²) in [6, 6.07) is 11.8. The molecule has 0 atom stereocenters. The van der Waals surface area contributed by atoms with Gasteiger partial charge in [-0.25, -0.2) is 0 Å². The number of hydrogen-bond acceptors (Lipinski definition) is 2. The summed E-state index contributed by atoms with van der Waals surface area (Å²) >= 11 is 0. The third-order valence-corrected chi connectivity index (χ3v) is 3.62. The van der Waals surface area contributed by atoms with Crippen molar-refractivity contribution in [1.82, 2.24) is 14.5 Å². The zero-order chi connectivity index (χ0) is 14.8. The topological polar surface area (TPSA) is 38.1 Å². The van der Waals surface area contributed by atoms with Gasteiger partial charge in [-0.15, -0.1) is 0 Å². The van der Waals surface area contributed by atoms with E-state index in [2.05, 4.69) is 4.98 Å². The highest BCUT2D eigenvalue weighted by molar-refractivity contribution is 6.06. The van der Waals surface area contributed by atoms with Crippen LogP contribution in [0.4, 0.5) is 0 Å². The molecule has 1 amide bonds. The van der Waals surface area contributed by atoms with Crippen molar-refractivity contribution in [2.45, 2.75) is 6.54 Å². The average molecular weight is 279 g/mol. The summed E-state index contributed by atoms with van der Waals surface area (Å²) in [6.07, 6.45) is 5.41. The molecule has 0 aliphatic rings. The minimum atomic E-state index is 0.0238. The number of aromatic nitrogens is 2. The Bertz CT molecular complexity index is 777. The van der Waals surface area contributed by atoms with Gasteiger partial charge in [-0.1, -0.05) is 24.3 Å². The molecule has 0 fully saturated rings. The molecule has 2 aromatic heterocycles. The second-order valence-electron chi connectivity index (χ2n) is 5.19. The largest absolute Gasteiger partial charge is 0.350 e. The maximum Gasteiger partial charge on any atom is 0.256 e. The monoisotopic (exact) mass is 279 g/mol. The highest BCUT2D eigenvalue weighted by Gasteiger charge is 2.17. The molecule has 0 aliphatic carbocycles. The molecule has 0 radical (unpaired) electrons. The summed E-state index contributed by atoms with van der Waals surface area (Å²) in [6.45, 7) is 0.551. The van der Waals surface area contributed by atoms with Crippen molar-refractivity contribution < 1.29 is 4.79 Å². The molecule has 3 rings (SSSR count). The maximum atomic E-state index is 12.7. The van der Waals surface area contributed by atoms with Gasteiger partial charge in [0.25, 0.3) is 5.91 Å². The Balaban J connectivity index is 1.90. The standard InChI is InChI=1S/C17H17N3O/c1-19-12-15(14-7-3-4-8-16(14)19)17(21)20(2)11-13-6-5-9-18-10-13/h3-10,12H,11H2,1-2H3. The Morgan fingerprint density at radius 3 is 2.81 bits per heavy atom. The fourth-order valence-electron chi connectivity index (χ4n) is 2.56. The predicted molar refractivity (Wildman–Crippen MR) is 83.0 cm³/mol. The van der Waals surface area contributed by atoms with Gasteiger partial charge in [-0.05, 0) is 17.7 Å². The molecule has 0 N–H and O–H groups in total. The van der Waals surface area contributed by atoms with E-state index in [0.717, 1.165) is 22.0 Å². The van der Waals surface area contributed by atoms with Gasteiger partial charge in [-0.3, -0.25) is 9.78 Å². The number of rotatable bonds is 3. The summed E-state index contributed by atoms with van der Waals surface area (Å²) in [5.41, 5.74) is 2.82. The van der Waals surface area contributed by atoms with E-state index in [-0.39, 0.29) is 5.91 Å². The van der Waals surface area contributed by atoms with Crippen LogP contribution in [-0.4, -0.2) is 27.4 Å². The van der Waals surface area contributed by atoms with Crippen LogP contribution < -0.4 is 0 Å². The van der Waals surface area contributed by atoms with E-state index < -0.39 is 0 Å². The van der Waals surface area contributed by atoms with Crippen molar-refractivity contribution in [3.05, 3.63) is 66.1 Å². The smallest absolute Gasteiger partial charge is 0.256 e. The molecule has 0 saturated carbocycles. The molecule has 0 spiro atoms. The van der Waals surface area contributed by atoms with Crippen LogP contribution in [0.15, 0.2) is 55.0 Å². The number of amides is 1. The molecule has 4 heteroatoms. The third kappa shape index (κ3) is 2.52. The fraction of sp³-hybridized carbons (Fsp3) is 0.176. The number of benzene rings is 1. The van der Waals surface area contributed by atoms with Crippen LogP contribution >= 0.6 is 0 Å². The van der Waals surface area contributed by atoms with Gasteiger partial charge in [0, 0.05) is 50.1 Å². The molecule has 1 aromatic carbocycles. The summed E-state index contributed by atoms with van der Waals surface area (Å²) in [4.78, 5) is 18.5. The zero-order valence-electron chi connectivity index (χ0n) is 12.2. The summed E-state index contributed by atoms with van der Waals surface area (Å²) in [7, 11) is 3.78. The Morgan fingerprint density at radius 1 is 1.24 bits per heavy atom. The average Bonchev–Trinajstić information content (AvgIpc) is 2.85. The molecule has 2 heterocycles. The fourth-order valence-corrected chi connectivity index (χ4v) is 2.56. The molecule has 3 aromatic rings. The molecule has 21 heavy (non-hydrogen) atoms. The van der Waals surface area contributed by atoms with Crippen LogP contribution in [0.5, 0.6) is 0 Å². The van der Waals surface area contributed by atoms with Crippen molar-refractivity contribution in [1.29, 1.82) is 0 Å². The quantitative estimate of drug-likeness (QED) is 0.739. The SMILES string of the molecule is CN(Cc1cccnc1)C(=O)c1cn(C)c2ccccc12. The van der Waals surface area contributed by atoms with Crippen molar-refractivity contribution >= 4 is 16.8 Å². The normalized spacial score (nSPS) is 10.8. The van der Waals surface area contributed by atoms with Gasteiger partial charge in [0.05, 0.1) is 5.56 Å². The van der Waals surface area contributed by atoms with Crippen molar-refractivity contribution in [2.24, 2.45) is 7.05 Å². The first kappa shape index (κ1) is 13.4. The minimum absolute atomic E-state index is 0.0238. The van der Waals surface area contributed by atoms with Crippen molar-refractivity contribution in [3.63, 3.8) is 0 Å². The summed E-state index contributed by atoms with van der Waals surface area (Å²) in [5.74, 6) is 0.0238. The Hall–Kier alpha value is -2.62. The molecular weight excluding hydrogens is 262 g/mol. The number of carbonyl (C=O) groups is 1. The van der Waals surface area contributed by atoms with Gasteiger partial charge >= 0.3 is 0 Å². The van der Waals surface area contributed by atoms with Gasteiger partial charge < -0.3 is 9.47 Å². The predicted octanol–water partition coefficient (Wildman–Crippen LogP) is 2.85. The first-order chi connectivity index (χ1) is 10.2. The van der Waals surface area contributed by atoms with Crippen molar-refractivity contribution in [3.8, 4) is 0 Å². The van der Waals surface area contributed by atoms with E-state index in [9.17, 15) is 4.79 Å². The van der Waals surface area contributed by atoms with Crippen LogP contribution in [0.3, 0.4) is 0 Å². The van der Waals surface area contributed by atoms with E-state index in [0.29, 0.717) is 6.54 Å². The molecule has 0 aliphatic heterocycles. The van der Waals surface area contributed by atoms with Crippen LogP contribution in [0.2, 0.25) is 0 Å². The molecule has 0 saturated heterocycles. The molecule has 106 valence electrons. The lowest BCUT2D eigenvalue weighted by Crippen LogP contribution is -2.26.